The lowest BCUT2D eigenvalue weighted by atomic mass is 9.98. The number of hydrogen-bond acceptors (Lipinski definition) is 2. The van der Waals surface area contributed by atoms with Crippen LogP contribution in [0.5, 0.6) is 0 Å². The fraction of sp³-hybridized carbons (Fsp3) is 0.529. The summed E-state index contributed by atoms with van der Waals surface area (Å²) in [6.45, 7) is 5.85. The summed E-state index contributed by atoms with van der Waals surface area (Å²) in [5.74, 6) is 0.760. The first kappa shape index (κ1) is 15.5. The fourth-order valence-electron chi connectivity index (χ4n) is 2.57. The van der Waals surface area contributed by atoms with Crippen LogP contribution in [0.25, 0.3) is 0 Å². The van der Waals surface area contributed by atoms with E-state index in [1.54, 1.807) is 6.07 Å². The summed E-state index contributed by atoms with van der Waals surface area (Å²) in [7, 11) is 0. The minimum absolute atomic E-state index is 0.00565. The maximum absolute atomic E-state index is 12.5. The highest BCUT2D eigenvalue weighted by Gasteiger charge is 2.21. The van der Waals surface area contributed by atoms with Gasteiger partial charge in [0.25, 0.3) is 5.91 Å². The lowest BCUT2D eigenvalue weighted by Gasteiger charge is -2.30. The molecule has 2 amide bonds. The Morgan fingerprint density at radius 3 is 2.67 bits per heavy atom. The molecule has 4 heteroatoms. The smallest absolute Gasteiger partial charge is 0.253 e. The van der Waals surface area contributed by atoms with Gasteiger partial charge in [0.15, 0.2) is 0 Å². The molecule has 1 aliphatic heterocycles. The summed E-state index contributed by atoms with van der Waals surface area (Å²) in [6, 6.07) is 7.23. The van der Waals surface area contributed by atoms with E-state index in [2.05, 4.69) is 12.2 Å². The Bertz CT molecular complexity index is 505. The molecule has 0 atom stereocenters. The number of hydrogen-bond donors (Lipinski definition) is 1. The van der Waals surface area contributed by atoms with Gasteiger partial charge in [-0.05, 0) is 43.4 Å². The largest absolute Gasteiger partial charge is 0.339 e. The average molecular weight is 288 g/mol. The molecule has 1 aromatic carbocycles. The molecule has 1 saturated heterocycles. The molecule has 0 radical (unpaired) electrons. The molecule has 0 bridgehead atoms. The molecule has 1 heterocycles. The van der Waals surface area contributed by atoms with Crippen molar-refractivity contribution in [1.29, 1.82) is 0 Å². The van der Waals surface area contributed by atoms with E-state index >= 15 is 0 Å². The van der Waals surface area contributed by atoms with Gasteiger partial charge in [-0.3, -0.25) is 9.59 Å². The SMILES string of the molecule is CCCC(=O)Nc1cccc(C(=O)N2CCC(C)CC2)c1. The molecule has 21 heavy (non-hydrogen) atoms. The number of benzene rings is 1. The number of carbonyl (C=O) groups excluding carboxylic acids is 2. The van der Waals surface area contributed by atoms with Crippen LogP contribution in [0.1, 0.15) is 49.9 Å². The molecule has 0 saturated carbocycles. The summed E-state index contributed by atoms with van der Waals surface area (Å²) in [6.07, 6.45) is 3.45. The molecule has 114 valence electrons. The van der Waals surface area contributed by atoms with E-state index in [-0.39, 0.29) is 11.8 Å². The van der Waals surface area contributed by atoms with Crippen molar-refractivity contribution < 1.29 is 9.59 Å². The monoisotopic (exact) mass is 288 g/mol. The minimum atomic E-state index is -0.00565. The lowest BCUT2D eigenvalue weighted by molar-refractivity contribution is -0.116. The van der Waals surface area contributed by atoms with Crippen molar-refractivity contribution in [2.75, 3.05) is 18.4 Å². The van der Waals surface area contributed by atoms with Crippen LogP contribution in [0.15, 0.2) is 24.3 Å². The van der Waals surface area contributed by atoms with E-state index in [0.29, 0.717) is 23.6 Å². The standard InChI is InChI=1S/C17H24N2O2/c1-3-5-16(20)18-15-7-4-6-14(12-15)17(21)19-10-8-13(2)9-11-19/h4,6-7,12-13H,3,5,8-11H2,1-2H3,(H,18,20). The van der Waals surface area contributed by atoms with Crippen molar-refractivity contribution in [1.82, 2.24) is 4.90 Å². The van der Waals surface area contributed by atoms with Gasteiger partial charge in [-0.1, -0.05) is 19.9 Å². The minimum Gasteiger partial charge on any atom is -0.339 e. The average Bonchev–Trinajstić information content (AvgIpc) is 2.48. The number of rotatable bonds is 4. The van der Waals surface area contributed by atoms with Gasteiger partial charge in [-0.15, -0.1) is 0 Å². The quantitative estimate of drug-likeness (QED) is 0.924. The van der Waals surface area contributed by atoms with Crippen LogP contribution in [-0.4, -0.2) is 29.8 Å². The Morgan fingerprint density at radius 2 is 2.00 bits per heavy atom. The zero-order chi connectivity index (χ0) is 15.2. The highest BCUT2D eigenvalue weighted by atomic mass is 16.2. The van der Waals surface area contributed by atoms with Crippen LogP contribution in [0, 0.1) is 5.92 Å². The van der Waals surface area contributed by atoms with Gasteiger partial charge in [0.2, 0.25) is 5.91 Å². The Hall–Kier alpha value is -1.84. The van der Waals surface area contributed by atoms with Gasteiger partial charge in [0, 0.05) is 30.8 Å². The van der Waals surface area contributed by atoms with Gasteiger partial charge in [0.05, 0.1) is 0 Å². The van der Waals surface area contributed by atoms with Crippen molar-refractivity contribution >= 4 is 17.5 Å². The molecule has 4 nitrogen and oxygen atoms in total. The number of nitrogens with one attached hydrogen (secondary N) is 1. The van der Waals surface area contributed by atoms with Crippen molar-refractivity contribution in [3.63, 3.8) is 0 Å². The van der Waals surface area contributed by atoms with Crippen LogP contribution in [0.4, 0.5) is 5.69 Å². The Labute approximate surface area is 126 Å². The first-order valence-electron chi connectivity index (χ1n) is 7.79. The molecule has 1 N–H and O–H groups in total. The molecule has 1 aliphatic rings. The zero-order valence-corrected chi connectivity index (χ0v) is 12.9. The second-order valence-electron chi connectivity index (χ2n) is 5.85. The maximum atomic E-state index is 12.5. The van der Waals surface area contributed by atoms with Crippen molar-refractivity contribution in [2.24, 2.45) is 5.92 Å². The number of anilines is 1. The maximum Gasteiger partial charge on any atom is 0.253 e. The Balaban J connectivity index is 2.02. The molecular weight excluding hydrogens is 264 g/mol. The first-order valence-corrected chi connectivity index (χ1v) is 7.79. The van der Waals surface area contributed by atoms with E-state index in [0.717, 1.165) is 32.4 Å². The van der Waals surface area contributed by atoms with Gasteiger partial charge in [-0.2, -0.15) is 0 Å². The van der Waals surface area contributed by atoms with Gasteiger partial charge in [-0.25, -0.2) is 0 Å². The Kier molecular flexibility index (Phi) is 5.37. The predicted molar refractivity (Wildman–Crippen MR) is 84.3 cm³/mol. The normalized spacial score (nSPS) is 15.8. The molecule has 1 fully saturated rings. The predicted octanol–water partition coefficient (Wildman–Crippen LogP) is 3.30. The molecule has 0 aromatic heterocycles. The van der Waals surface area contributed by atoms with Crippen LogP contribution in [0.3, 0.4) is 0 Å². The summed E-state index contributed by atoms with van der Waals surface area (Å²) in [4.78, 5) is 26.0. The number of piperidine rings is 1. The van der Waals surface area contributed by atoms with Gasteiger partial charge >= 0.3 is 0 Å². The van der Waals surface area contributed by atoms with Crippen LogP contribution in [0.2, 0.25) is 0 Å². The van der Waals surface area contributed by atoms with Gasteiger partial charge < -0.3 is 10.2 Å². The van der Waals surface area contributed by atoms with E-state index < -0.39 is 0 Å². The highest BCUT2D eigenvalue weighted by Crippen LogP contribution is 2.19. The third-order valence-corrected chi connectivity index (χ3v) is 3.94. The van der Waals surface area contributed by atoms with E-state index in [1.165, 1.54) is 0 Å². The number of nitrogens with zero attached hydrogens (tertiary/aromatic N) is 1. The molecule has 1 aromatic rings. The second-order valence-corrected chi connectivity index (χ2v) is 5.85. The molecule has 0 aliphatic carbocycles. The summed E-state index contributed by atoms with van der Waals surface area (Å²) >= 11 is 0. The van der Waals surface area contributed by atoms with Crippen molar-refractivity contribution in [3.05, 3.63) is 29.8 Å². The topological polar surface area (TPSA) is 49.4 Å². The fourth-order valence-corrected chi connectivity index (χ4v) is 2.57. The van der Waals surface area contributed by atoms with Crippen LogP contribution >= 0.6 is 0 Å². The van der Waals surface area contributed by atoms with Crippen LogP contribution < -0.4 is 5.32 Å². The van der Waals surface area contributed by atoms with Crippen LogP contribution in [-0.2, 0) is 4.79 Å². The van der Waals surface area contributed by atoms with E-state index in [1.807, 2.05) is 30.0 Å². The lowest BCUT2D eigenvalue weighted by Crippen LogP contribution is -2.37. The van der Waals surface area contributed by atoms with Crippen molar-refractivity contribution in [2.45, 2.75) is 39.5 Å². The third-order valence-electron chi connectivity index (χ3n) is 3.94. The first-order chi connectivity index (χ1) is 10.1. The number of carbonyl (C=O) groups is 2. The third kappa shape index (κ3) is 4.31. The number of amides is 2. The zero-order valence-electron chi connectivity index (χ0n) is 12.9. The Morgan fingerprint density at radius 1 is 1.29 bits per heavy atom. The second kappa shape index (κ2) is 7.25. The summed E-state index contributed by atoms with van der Waals surface area (Å²) in [5, 5.41) is 2.84. The summed E-state index contributed by atoms with van der Waals surface area (Å²) < 4.78 is 0. The molecule has 0 spiro atoms. The number of likely N-dealkylation sites (tertiary alicyclic amines) is 1. The van der Waals surface area contributed by atoms with Crippen molar-refractivity contribution in [3.8, 4) is 0 Å². The summed E-state index contributed by atoms with van der Waals surface area (Å²) in [5.41, 5.74) is 1.35. The van der Waals surface area contributed by atoms with E-state index in [4.69, 9.17) is 0 Å². The van der Waals surface area contributed by atoms with E-state index in [9.17, 15) is 9.59 Å². The molecular formula is C17H24N2O2. The van der Waals surface area contributed by atoms with Gasteiger partial charge in [0.1, 0.15) is 0 Å². The molecule has 2 rings (SSSR count). The molecule has 0 unspecified atom stereocenters. The highest BCUT2D eigenvalue weighted by molar-refractivity contribution is 5.97.